The summed E-state index contributed by atoms with van der Waals surface area (Å²) in [6.07, 6.45) is 0.580. The van der Waals surface area contributed by atoms with Crippen LogP contribution in [0.2, 0.25) is 0 Å². The van der Waals surface area contributed by atoms with Gasteiger partial charge in [0.25, 0.3) is 0 Å². The molecule has 0 aromatic carbocycles. The van der Waals surface area contributed by atoms with Gasteiger partial charge in [-0.05, 0) is 0 Å². The first-order chi connectivity index (χ1) is 3.81. The highest BCUT2D eigenvalue weighted by molar-refractivity contribution is 5.74. The Morgan fingerprint density at radius 1 is 1.62 bits per heavy atom. The molecule has 1 amide bonds. The standard InChI is InChI=1S/C4H9NO.C2H6.H2/c1-3-4(6)5-2;1-2;/h3H2,1-2H3,(H,5,6);1-2H3;1H. The van der Waals surface area contributed by atoms with E-state index in [1.807, 2.05) is 20.8 Å². The van der Waals surface area contributed by atoms with Crippen molar-refractivity contribution in [1.82, 2.24) is 5.32 Å². The van der Waals surface area contributed by atoms with Crippen LogP contribution < -0.4 is 5.32 Å². The smallest absolute Gasteiger partial charge is 0.219 e. The molecule has 0 bridgehead atoms. The third-order valence-corrected chi connectivity index (χ3v) is 0.600. The lowest BCUT2D eigenvalue weighted by atomic mass is 10.5. The normalized spacial score (nSPS) is 6.50. The van der Waals surface area contributed by atoms with E-state index in [4.69, 9.17) is 0 Å². The minimum Gasteiger partial charge on any atom is -0.359 e. The predicted molar refractivity (Wildman–Crippen MR) is 37.8 cm³/mol. The molecule has 1 N–H and O–H groups in total. The summed E-state index contributed by atoms with van der Waals surface area (Å²) >= 11 is 0. The van der Waals surface area contributed by atoms with Crippen molar-refractivity contribution in [2.24, 2.45) is 0 Å². The van der Waals surface area contributed by atoms with Crippen molar-refractivity contribution in [3.05, 3.63) is 0 Å². The van der Waals surface area contributed by atoms with E-state index in [1.54, 1.807) is 7.05 Å². The molecule has 0 aromatic rings. The van der Waals surface area contributed by atoms with Crippen LogP contribution in [0.4, 0.5) is 0 Å². The fraction of sp³-hybridized carbons (Fsp3) is 0.833. The first-order valence-electron chi connectivity index (χ1n) is 3.01. The third kappa shape index (κ3) is 9.08. The zero-order valence-electron chi connectivity index (χ0n) is 6.12. The number of rotatable bonds is 1. The topological polar surface area (TPSA) is 29.1 Å². The third-order valence-electron chi connectivity index (χ3n) is 0.600. The highest BCUT2D eigenvalue weighted by Gasteiger charge is 1.84. The van der Waals surface area contributed by atoms with E-state index in [-0.39, 0.29) is 7.33 Å². The maximum absolute atomic E-state index is 10.1. The van der Waals surface area contributed by atoms with Crippen molar-refractivity contribution >= 4 is 5.91 Å². The van der Waals surface area contributed by atoms with Gasteiger partial charge in [0.05, 0.1) is 0 Å². The molecule has 0 unspecified atom stereocenters. The number of hydrogen-bond acceptors (Lipinski definition) is 1. The molecule has 0 aliphatic heterocycles. The van der Waals surface area contributed by atoms with E-state index in [9.17, 15) is 4.79 Å². The lowest BCUT2D eigenvalue weighted by Crippen LogP contribution is -2.15. The summed E-state index contributed by atoms with van der Waals surface area (Å²) in [7, 11) is 1.63. The summed E-state index contributed by atoms with van der Waals surface area (Å²) < 4.78 is 0. The minimum absolute atomic E-state index is 0. The lowest BCUT2D eigenvalue weighted by Gasteiger charge is -1.87. The van der Waals surface area contributed by atoms with Gasteiger partial charge in [0.2, 0.25) is 5.91 Å². The summed E-state index contributed by atoms with van der Waals surface area (Å²) in [5.74, 6) is 0.0926. The molecule has 52 valence electrons. The molecule has 0 spiro atoms. The van der Waals surface area contributed by atoms with E-state index >= 15 is 0 Å². The van der Waals surface area contributed by atoms with Crippen LogP contribution in [-0.4, -0.2) is 13.0 Å². The van der Waals surface area contributed by atoms with Crippen molar-refractivity contribution in [3.63, 3.8) is 0 Å². The van der Waals surface area contributed by atoms with E-state index in [2.05, 4.69) is 5.32 Å². The zero-order chi connectivity index (χ0) is 6.99. The quantitative estimate of drug-likeness (QED) is 0.555. The van der Waals surface area contributed by atoms with E-state index in [1.165, 1.54) is 0 Å². The molecule has 2 nitrogen and oxygen atoms in total. The van der Waals surface area contributed by atoms with Gasteiger partial charge in [-0.15, -0.1) is 0 Å². The SMILES string of the molecule is CC.CCC(=O)NC.[HH]. The number of amides is 1. The molecule has 0 radical (unpaired) electrons. The first kappa shape index (κ1) is 10.5. The van der Waals surface area contributed by atoms with Gasteiger partial charge in [-0.2, -0.15) is 0 Å². The molecule has 0 fully saturated rings. The Morgan fingerprint density at radius 3 is 2.00 bits per heavy atom. The molecular formula is C6H17NO. The van der Waals surface area contributed by atoms with Crippen LogP contribution in [0.25, 0.3) is 0 Å². The molecule has 0 aliphatic carbocycles. The Kier molecular flexibility index (Phi) is 12.7. The summed E-state index contributed by atoms with van der Waals surface area (Å²) in [6.45, 7) is 5.82. The fourth-order valence-corrected chi connectivity index (χ4v) is 0.177. The van der Waals surface area contributed by atoms with Gasteiger partial charge in [-0.1, -0.05) is 20.8 Å². The van der Waals surface area contributed by atoms with Crippen molar-refractivity contribution in [1.29, 1.82) is 0 Å². The molecule has 0 aromatic heterocycles. The van der Waals surface area contributed by atoms with Crippen molar-refractivity contribution < 1.29 is 6.22 Å². The maximum Gasteiger partial charge on any atom is 0.219 e. The molecule has 8 heavy (non-hydrogen) atoms. The van der Waals surface area contributed by atoms with E-state index in [0.29, 0.717) is 6.42 Å². The Labute approximate surface area is 52.8 Å². The Balaban J connectivity index is -0.000000109. The van der Waals surface area contributed by atoms with Crippen LogP contribution in [0.5, 0.6) is 0 Å². The van der Waals surface area contributed by atoms with Gasteiger partial charge >= 0.3 is 0 Å². The number of nitrogens with one attached hydrogen (secondary N) is 1. The summed E-state index contributed by atoms with van der Waals surface area (Å²) in [5, 5.41) is 2.48. The molecule has 0 rings (SSSR count). The van der Waals surface area contributed by atoms with Crippen LogP contribution in [0.3, 0.4) is 0 Å². The summed E-state index contributed by atoms with van der Waals surface area (Å²) in [4.78, 5) is 10.1. The number of carbonyl (C=O) groups excluding carboxylic acids is 1. The van der Waals surface area contributed by atoms with Crippen LogP contribution >= 0.6 is 0 Å². The van der Waals surface area contributed by atoms with Crippen LogP contribution in [0, 0.1) is 0 Å². The highest BCUT2D eigenvalue weighted by atomic mass is 16.1. The number of hydrogen-bond donors (Lipinski definition) is 1. The monoisotopic (exact) mass is 119 g/mol. The van der Waals surface area contributed by atoms with Gasteiger partial charge in [0.1, 0.15) is 0 Å². The first-order valence-corrected chi connectivity index (χ1v) is 3.01. The van der Waals surface area contributed by atoms with Crippen LogP contribution in [0.1, 0.15) is 28.6 Å². The molecule has 0 aliphatic rings. The zero-order valence-corrected chi connectivity index (χ0v) is 6.12. The fourth-order valence-electron chi connectivity index (χ4n) is 0.177. The lowest BCUT2D eigenvalue weighted by molar-refractivity contribution is -0.120. The second-order valence-corrected chi connectivity index (χ2v) is 1.03. The molecule has 0 heterocycles. The Morgan fingerprint density at radius 2 is 2.00 bits per heavy atom. The van der Waals surface area contributed by atoms with Crippen LogP contribution in [0.15, 0.2) is 0 Å². The van der Waals surface area contributed by atoms with Gasteiger partial charge < -0.3 is 5.32 Å². The van der Waals surface area contributed by atoms with Crippen molar-refractivity contribution in [2.75, 3.05) is 7.05 Å². The van der Waals surface area contributed by atoms with Crippen molar-refractivity contribution in [3.8, 4) is 0 Å². The van der Waals surface area contributed by atoms with Crippen LogP contribution in [-0.2, 0) is 4.79 Å². The average Bonchev–Trinajstić information content (AvgIpc) is 1.91. The van der Waals surface area contributed by atoms with Gasteiger partial charge in [0.15, 0.2) is 0 Å². The Hall–Kier alpha value is -0.530. The highest BCUT2D eigenvalue weighted by Crippen LogP contribution is 1.68. The second-order valence-electron chi connectivity index (χ2n) is 1.03. The average molecular weight is 119 g/mol. The minimum atomic E-state index is 0. The Bertz CT molecular complexity index is 51.0. The van der Waals surface area contributed by atoms with Gasteiger partial charge in [-0.3, -0.25) is 4.79 Å². The second kappa shape index (κ2) is 9.69. The predicted octanol–water partition coefficient (Wildman–Crippen LogP) is 1.41. The van der Waals surface area contributed by atoms with E-state index < -0.39 is 0 Å². The molecule has 0 saturated heterocycles. The van der Waals surface area contributed by atoms with E-state index in [0.717, 1.165) is 0 Å². The van der Waals surface area contributed by atoms with Gasteiger partial charge in [0, 0.05) is 14.9 Å². The van der Waals surface area contributed by atoms with Gasteiger partial charge in [-0.25, -0.2) is 0 Å². The molecule has 0 saturated carbocycles. The molecule has 0 atom stereocenters. The maximum atomic E-state index is 10.1. The summed E-state index contributed by atoms with van der Waals surface area (Å²) in [5.41, 5.74) is 0. The summed E-state index contributed by atoms with van der Waals surface area (Å²) in [6, 6.07) is 0. The molecular weight excluding hydrogens is 102 g/mol. The largest absolute Gasteiger partial charge is 0.359 e. The molecule has 2 heteroatoms. The van der Waals surface area contributed by atoms with Crippen molar-refractivity contribution in [2.45, 2.75) is 27.2 Å². The number of carbonyl (C=O) groups is 1.